The first-order valence-corrected chi connectivity index (χ1v) is 11.0. The number of halogens is 3. The highest BCUT2D eigenvalue weighted by Gasteiger charge is 2.49. The molecule has 1 spiro atoms. The fourth-order valence-corrected chi connectivity index (χ4v) is 5.99. The molecule has 1 aromatic carbocycles. The number of aryl methyl sites for hydroxylation is 1. The Morgan fingerprint density at radius 2 is 1.97 bits per heavy atom. The maximum Gasteiger partial charge on any atom is 0.393 e. The first-order valence-electron chi connectivity index (χ1n) is 10.2. The number of anilines is 2. The summed E-state index contributed by atoms with van der Waals surface area (Å²) in [5.74, 6) is 1.40. The molecule has 4 nitrogen and oxygen atoms in total. The van der Waals surface area contributed by atoms with E-state index in [4.69, 9.17) is 0 Å². The molecular weight excluding hydrogens is 409 g/mol. The summed E-state index contributed by atoms with van der Waals surface area (Å²) in [4.78, 5) is 12.2. The van der Waals surface area contributed by atoms with Crippen molar-refractivity contribution in [2.24, 2.45) is 5.41 Å². The van der Waals surface area contributed by atoms with Gasteiger partial charge in [-0.15, -0.1) is 11.3 Å². The molecule has 5 rings (SSSR count). The van der Waals surface area contributed by atoms with Gasteiger partial charge in [-0.2, -0.15) is 13.2 Å². The van der Waals surface area contributed by atoms with E-state index in [1.807, 2.05) is 18.2 Å². The van der Waals surface area contributed by atoms with Crippen LogP contribution in [0.1, 0.15) is 30.0 Å². The molecule has 30 heavy (non-hydrogen) atoms. The monoisotopic (exact) mass is 432 g/mol. The third-order valence-corrected chi connectivity index (χ3v) is 7.18. The summed E-state index contributed by atoms with van der Waals surface area (Å²) in [7, 11) is 0. The summed E-state index contributed by atoms with van der Waals surface area (Å²) in [6.07, 6.45) is -1.83. The summed E-state index contributed by atoms with van der Waals surface area (Å²) in [6, 6.07) is 12.3. The van der Waals surface area contributed by atoms with E-state index >= 15 is 0 Å². The predicted octanol–water partition coefficient (Wildman–Crippen LogP) is 5.58. The number of aromatic nitrogens is 2. The molecule has 8 heteroatoms. The van der Waals surface area contributed by atoms with E-state index in [0.29, 0.717) is 21.6 Å². The van der Waals surface area contributed by atoms with Gasteiger partial charge in [-0.05, 0) is 49.8 Å². The minimum atomic E-state index is -4.21. The minimum Gasteiger partial charge on any atom is -0.382 e. The van der Waals surface area contributed by atoms with Gasteiger partial charge in [0.2, 0.25) is 0 Å². The number of para-hydroxylation sites is 1. The molecule has 0 unspecified atom stereocenters. The lowest BCUT2D eigenvalue weighted by molar-refractivity contribution is -0.126. The SMILES string of the molecule is Cc1nc(N2CCC3(CC(Nc4ccccc4)C3)C2)c2cc(CC(F)(F)F)sc2n1. The van der Waals surface area contributed by atoms with Crippen LogP contribution >= 0.6 is 11.3 Å². The fraction of sp³-hybridized carbons (Fsp3) is 0.455. The van der Waals surface area contributed by atoms with Crippen LogP contribution in [0.5, 0.6) is 0 Å². The molecule has 3 heterocycles. The van der Waals surface area contributed by atoms with E-state index in [2.05, 4.69) is 32.3 Å². The smallest absolute Gasteiger partial charge is 0.382 e. The Labute approximate surface area is 177 Å². The third-order valence-electron chi connectivity index (χ3n) is 6.15. The molecule has 2 fully saturated rings. The van der Waals surface area contributed by atoms with Gasteiger partial charge in [0.15, 0.2) is 0 Å². The van der Waals surface area contributed by atoms with Crippen molar-refractivity contribution in [2.75, 3.05) is 23.3 Å². The van der Waals surface area contributed by atoms with E-state index in [1.54, 1.807) is 13.0 Å². The number of nitrogens with one attached hydrogen (secondary N) is 1. The number of nitrogens with zero attached hydrogens (tertiary/aromatic N) is 3. The lowest BCUT2D eigenvalue weighted by atomic mass is 9.65. The van der Waals surface area contributed by atoms with Gasteiger partial charge in [-0.1, -0.05) is 18.2 Å². The molecule has 1 aliphatic heterocycles. The maximum atomic E-state index is 12.9. The van der Waals surface area contributed by atoms with Crippen LogP contribution in [0.2, 0.25) is 0 Å². The largest absolute Gasteiger partial charge is 0.393 e. The van der Waals surface area contributed by atoms with Crippen molar-refractivity contribution in [1.29, 1.82) is 0 Å². The molecule has 1 saturated carbocycles. The lowest BCUT2D eigenvalue weighted by Crippen LogP contribution is -2.46. The summed E-state index contributed by atoms with van der Waals surface area (Å²) in [6.45, 7) is 3.59. The van der Waals surface area contributed by atoms with Crippen molar-refractivity contribution in [1.82, 2.24) is 9.97 Å². The van der Waals surface area contributed by atoms with Crippen LogP contribution in [0.15, 0.2) is 36.4 Å². The number of fused-ring (bicyclic) bond motifs is 1. The number of benzene rings is 1. The van der Waals surface area contributed by atoms with Crippen molar-refractivity contribution in [3.63, 3.8) is 0 Å². The molecule has 2 aromatic heterocycles. The fourth-order valence-electron chi connectivity index (χ4n) is 4.89. The first-order chi connectivity index (χ1) is 14.3. The van der Waals surface area contributed by atoms with Crippen LogP contribution in [-0.2, 0) is 6.42 Å². The Kier molecular flexibility index (Phi) is 4.65. The van der Waals surface area contributed by atoms with Gasteiger partial charge in [0.05, 0.1) is 11.8 Å². The molecule has 3 aromatic rings. The number of thiophene rings is 1. The van der Waals surface area contributed by atoms with Crippen LogP contribution in [0, 0.1) is 12.3 Å². The minimum absolute atomic E-state index is 0.266. The number of alkyl halides is 3. The summed E-state index contributed by atoms with van der Waals surface area (Å²) < 4.78 is 38.6. The van der Waals surface area contributed by atoms with E-state index < -0.39 is 12.6 Å². The zero-order valence-corrected chi connectivity index (χ0v) is 17.5. The maximum absolute atomic E-state index is 12.9. The Morgan fingerprint density at radius 1 is 1.20 bits per heavy atom. The van der Waals surface area contributed by atoms with Crippen molar-refractivity contribution in [3.05, 3.63) is 47.1 Å². The van der Waals surface area contributed by atoms with Gasteiger partial charge in [0.25, 0.3) is 0 Å². The van der Waals surface area contributed by atoms with Gasteiger partial charge in [-0.3, -0.25) is 0 Å². The Morgan fingerprint density at radius 3 is 2.70 bits per heavy atom. The van der Waals surface area contributed by atoms with E-state index in [-0.39, 0.29) is 5.41 Å². The van der Waals surface area contributed by atoms with E-state index in [1.165, 1.54) is 0 Å². The standard InChI is InChI=1S/C22H23F3N4S/c1-14-26-19(18-9-17(12-22(23,24)25)30-20(18)27-14)29-8-7-21(13-29)10-16(11-21)28-15-5-3-2-4-6-15/h2-6,9,16,28H,7-8,10-13H2,1H3. The summed E-state index contributed by atoms with van der Waals surface area (Å²) >= 11 is 1.12. The van der Waals surface area contributed by atoms with Gasteiger partial charge >= 0.3 is 6.18 Å². The van der Waals surface area contributed by atoms with E-state index in [9.17, 15) is 13.2 Å². The van der Waals surface area contributed by atoms with Crippen LogP contribution in [-0.4, -0.2) is 35.3 Å². The quantitative estimate of drug-likeness (QED) is 0.585. The highest BCUT2D eigenvalue weighted by molar-refractivity contribution is 7.18. The van der Waals surface area contributed by atoms with Gasteiger partial charge < -0.3 is 10.2 Å². The Bertz CT molecular complexity index is 1060. The predicted molar refractivity (Wildman–Crippen MR) is 114 cm³/mol. The van der Waals surface area contributed by atoms with Crippen molar-refractivity contribution >= 4 is 33.1 Å². The average Bonchev–Trinajstić information content (AvgIpc) is 3.24. The average molecular weight is 433 g/mol. The second-order valence-corrected chi connectivity index (χ2v) is 9.72. The van der Waals surface area contributed by atoms with Crippen molar-refractivity contribution in [3.8, 4) is 0 Å². The normalized spacial score (nSPS) is 23.9. The molecule has 1 aliphatic carbocycles. The zero-order valence-electron chi connectivity index (χ0n) is 16.7. The summed E-state index contributed by atoms with van der Waals surface area (Å²) in [5.41, 5.74) is 1.42. The van der Waals surface area contributed by atoms with Gasteiger partial charge in [-0.25, -0.2) is 9.97 Å². The highest BCUT2D eigenvalue weighted by Crippen LogP contribution is 2.50. The van der Waals surface area contributed by atoms with Crippen LogP contribution < -0.4 is 10.2 Å². The number of rotatable bonds is 4. The molecule has 2 aliphatic rings. The summed E-state index contributed by atoms with van der Waals surface area (Å²) in [5, 5.41) is 4.35. The van der Waals surface area contributed by atoms with Crippen molar-refractivity contribution < 1.29 is 13.2 Å². The van der Waals surface area contributed by atoms with E-state index in [0.717, 1.165) is 60.6 Å². The van der Waals surface area contributed by atoms with Crippen LogP contribution in [0.4, 0.5) is 24.7 Å². The lowest BCUT2D eigenvalue weighted by Gasteiger charge is -2.46. The molecule has 158 valence electrons. The first kappa shape index (κ1) is 19.6. The van der Waals surface area contributed by atoms with Crippen LogP contribution in [0.3, 0.4) is 0 Å². The molecule has 0 atom stereocenters. The van der Waals surface area contributed by atoms with Gasteiger partial charge in [0.1, 0.15) is 16.5 Å². The zero-order chi connectivity index (χ0) is 20.9. The second kappa shape index (κ2) is 7.11. The molecule has 1 saturated heterocycles. The third kappa shape index (κ3) is 3.85. The number of hydrogen-bond acceptors (Lipinski definition) is 5. The second-order valence-electron chi connectivity index (χ2n) is 8.61. The molecule has 0 bridgehead atoms. The van der Waals surface area contributed by atoms with Crippen molar-refractivity contribution in [2.45, 2.75) is 44.8 Å². The number of hydrogen-bond donors (Lipinski definition) is 1. The Balaban J connectivity index is 1.32. The van der Waals surface area contributed by atoms with Crippen LogP contribution in [0.25, 0.3) is 10.2 Å². The Hall–Kier alpha value is -2.35. The highest BCUT2D eigenvalue weighted by atomic mass is 32.1. The molecule has 1 N–H and O–H groups in total. The molecular formula is C22H23F3N4S. The topological polar surface area (TPSA) is 41.1 Å². The molecule has 0 radical (unpaired) electrons. The molecule has 0 amide bonds. The van der Waals surface area contributed by atoms with Gasteiger partial charge in [0, 0.05) is 29.7 Å².